The van der Waals surface area contributed by atoms with Crippen molar-refractivity contribution in [2.45, 2.75) is 64.6 Å². The number of aliphatic hydroxyl groups is 1. The van der Waals surface area contributed by atoms with Gasteiger partial charge < -0.3 is 15.2 Å². The van der Waals surface area contributed by atoms with Gasteiger partial charge in [0.25, 0.3) is 5.91 Å². The summed E-state index contributed by atoms with van der Waals surface area (Å²) in [6, 6.07) is 11.4. The molecule has 170 valence electrons. The van der Waals surface area contributed by atoms with Gasteiger partial charge in [-0.3, -0.25) is 13.9 Å². The maximum absolute atomic E-state index is 13.3. The first-order valence-electron chi connectivity index (χ1n) is 10.9. The van der Waals surface area contributed by atoms with Gasteiger partial charge in [0, 0.05) is 24.6 Å². The van der Waals surface area contributed by atoms with E-state index >= 15 is 0 Å². The molecule has 3 aromatic rings. The van der Waals surface area contributed by atoms with E-state index in [9.17, 15) is 19.1 Å². The average molecular weight is 442 g/mol. The van der Waals surface area contributed by atoms with Gasteiger partial charge in [-0.1, -0.05) is 6.07 Å². The third kappa shape index (κ3) is 4.14. The van der Waals surface area contributed by atoms with Crippen molar-refractivity contribution >= 4 is 16.9 Å². The SMILES string of the molecule is CC(F)Oc1cccc(-n2c(=O)n(C(C)C)c3cc(C(=O)N[C@H]4CCC[C@@H]4O)ccc32)c1. The number of alkyl halides is 1. The molecule has 1 fully saturated rings. The largest absolute Gasteiger partial charge is 0.461 e. The first-order chi connectivity index (χ1) is 15.3. The summed E-state index contributed by atoms with van der Waals surface area (Å²) < 4.78 is 21.6. The van der Waals surface area contributed by atoms with Crippen LogP contribution in [0.4, 0.5) is 4.39 Å². The van der Waals surface area contributed by atoms with Crippen LogP contribution in [0.5, 0.6) is 5.75 Å². The number of carbonyl (C=O) groups is 1. The Hall–Kier alpha value is -3.13. The summed E-state index contributed by atoms with van der Waals surface area (Å²) in [4.78, 5) is 26.2. The van der Waals surface area contributed by atoms with Gasteiger partial charge in [0.05, 0.1) is 28.9 Å². The number of carbonyl (C=O) groups excluding carboxylic acids is 1. The maximum atomic E-state index is 13.3. The topological polar surface area (TPSA) is 85.5 Å². The van der Waals surface area contributed by atoms with Gasteiger partial charge in [0.1, 0.15) is 5.75 Å². The summed E-state index contributed by atoms with van der Waals surface area (Å²) in [5, 5.41) is 12.9. The molecule has 0 aliphatic heterocycles. The van der Waals surface area contributed by atoms with Crippen LogP contribution in [0, 0.1) is 0 Å². The van der Waals surface area contributed by atoms with Crippen LogP contribution >= 0.6 is 0 Å². The van der Waals surface area contributed by atoms with Gasteiger partial charge in [-0.25, -0.2) is 9.18 Å². The number of hydrogen-bond donors (Lipinski definition) is 2. The second-order valence-electron chi connectivity index (χ2n) is 8.52. The first kappa shape index (κ1) is 22.1. The molecule has 0 radical (unpaired) electrons. The van der Waals surface area contributed by atoms with Gasteiger partial charge in [0.15, 0.2) is 0 Å². The van der Waals surface area contributed by atoms with Crippen LogP contribution in [-0.2, 0) is 0 Å². The Morgan fingerprint density at radius 2 is 1.94 bits per heavy atom. The number of halogens is 1. The molecular weight excluding hydrogens is 413 g/mol. The average Bonchev–Trinajstić information content (AvgIpc) is 3.26. The summed E-state index contributed by atoms with van der Waals surface area (Å²) >= 11 is 0. The minimum Gasteiger partial charge on any atom is -0.461 e. The Kier molecular flexibility index (Phi) is 6.06. The van der Waals surface area contributed by atoms with E-state index in [0.29, 0.717) is 34.5 Å². The van der Waals surface area contributed by atoms with Gasteiger partial charge in [0.2, 0.25) is 6.36 Å². The number of ether oxygens (including phenoxy) is 1. The zero-order valence-electron chi connectivity index (χ0n) is 18.4. The molecule has 2 N–H and O–H groups in total. The quantitative estimate of drug-likeness (QED) is 0.611. The highest BCUT2D eigenvalue weighted by atomic mass is 19.1. The third-order valence-corrected chi connectivity index (χ3v) is 5.82. The summed E-state index contributed by atoms with van der Waals surface area (Å²) in [5.41, 5.74) is 1.96. The predicted molar refractivity (Wildman–Crippen MR) is 120 cm³/mol. The number of aromatic nitrogens is 2. The second kappa shape index (κ2) is 8.78. The number of rotatable bonds is 6. The van der Waals surface area contributed by atoms with E-state index in [0.717, 1.165) is 12.8 Å². The molecule has 1 unspecified atom stereocenters. The number of hydrogen-bond acceptors (Lipinski definition) is 4. The normalized spacial score (nSPS) is 19.4. The molecule has 1 amide bonds. The minimum atomic E-state index is -1.47. The zero-order chi connectivity index (χ0) is 23.0. The lowest BCUT2D eigenvalue weighted by Crippen LogP contribution is -2.39. The van der Waals surface area contributed by atoms with E-state index in [-0.39, 0.29) is 23.7 Å². The fourth-order valence-electron chi connectivity index (χ4n) is 4.35. The molecule has 0 spiro atoms. The molecule has 1 aliphatic carbocycles. The van der Waals surface area contributed by atoms with Gasteiger partial charge in [-0.05, 0) is 63.4 Å². The zero-order valence-corrected chi connectivity index (χ0v) is 18.4. The second-order valence-corrected chi connectivity index (χ2v) is 8.52. The highest BCUT2D eigenvalue weighted by Gasteiger charge is 2.27. The molecule has 7 nitrogen and oxygen atoms in total. The van der Waals surface area contributed by atoms with E-state index in [1.807, 2.05) is 13.8 Å². The number of amides is 1. The lowest BCUT2D eigenvalue weighted by atomic mass is 10.1. The number of aliphatic hydroxyl groups excluding tert-OH is 1. The Morgan fingerprint density at radius 3 is 2.59 bits per heavy atom. The molecular formula is C24H28FN3O4. The van der Waals surface area contributed by atoms with Gasteiger partial charge in [-0.15, -0.1) is 0 Å². The van der Waals surface area contributed by atoms with Crippen LogP contribution in [0.3, 0.4) is 0 Å². The van der Waals surface area contributed by atoms with Crippen molar-refractivity contribution < 1.29 is 19.0 Å². The van der Waals surface area contributed by atoms with Crippen LogP contribution < -0.4 is 15.7 Å². The van der Waals surface area contributed by atoms with Crippen molar-refractivity contribution in [2.24, 2.45) is 0 Å². The van der Waals surface area contributed by atoms with Crippen molar-refractivity contribution in [3.63, 3.8) is 0 Å². The number of nitrogens with zero attached hydrogens (tertiary/aromatic N) is 2. The van der Waals surface area contributed by atoms with E-state index in [4.69, 9.17) is 4.74 Å². The van der Waals surface area contributed by atoms with Gasteiger partial charge >= 0.3 is 5.69 Å². The fourth-order valence-corrected chi connectivity index (χ4v) is 4.35. The van der Waals surface area contributed by atoms with Crippen LogP contribution in [0.15, 0.2) is 47.3 Å². The first-order valence-corrected chi connectivity index (χ1v) is 10.9. The molecule has 8 heteroatoms. The Bertz CT molecular complexity index is 1200. The Balaban J connectivity index is 1.78. The standard InChI is InChI=1S/C24H28FN3O4/c1-14(2)27-21-12-16(23(30)26-19-8-5-9-22(19)29)10-11-20(21)28(24(27)31)17-6-4-7-18(13-17)32-15(3)25/h4,6-7,10-15,19,22,29H,5,8-9H2,1-3H3,(H,26,30)/t15?,19-,22-/m0/s1. The van der Waals surface area contributed by atoms with E-state index in [2.05, 4.69) is 5.32 Å². The van der Waals surface area contributed by atoms with Crippen molar-refractivity contribution in [3.05, 3.63) is 58.5 Å². The van der Waals surface area contributed by atoms with Crippen LogP contribution in [0.25, 0.3) is 16.7 Å². The lowest BCUT2D eigenvalue weighted by molar-refractivity contribution is 0.0859. The molecule has 4 rings (SSSR count). The number of imidazole rings is 1. The lowest BCUT2D eigenvalue weighted by Gasteiger charge is -2.16. The molecule has 1 saturated carbocycles. The van der Waals surface area contributed by atoms with Crippen molar-refractivity contribution in [1.29, 1.82) is 0 Å². The van der Waals surface area contributed by atoms with E-state index in [1.165, 1.54) is 11.5 Å². The smallest absolute Gasteiger partial charge is 0.333 e. The highest BCUT2D eigenvalue weighted by molar-refractivity contribution is 5.98. The monoisotopic (exact) mass is 441 g/mol. The van der Waals surface area contributed by atoms with Crippen LogP contribution in [-0.4, -0.2) is 38.7 Å². The molecule has 2 aromatic carbocycles. The minimum absolute atomic E-state index is 0.147. The summed E-state index contributed by atoms with van der Waals surface area (Å²) in [6.07, 6.45) is 0.310. The maximum Gasteiger partial charge on any atom is 0.333 e. The molecule has 0 bridgehead atoms. The molecule has 0 saturated heterocycles. The third-order valence-electron chi connectivity index (χ3n) is 5.82. The van der Waals surface area contributed by atoms with Crippen molar-refractivity contribution in [2.75, 3.05) is 0 Å². The van der Waals surface area contributed by atoms with Crippen molar-refractivity contribution in [1.82, 2.24) is 14.5 Å². The molecule has 1 aromatic heterocycles. The van der Waals surface area contributed by atoms with Crippen LogP contribution in [0.1, 0.15) is 56.4 Å². The number of nitrogens with one attached hydrogen (secondary N) is 1. The number of fused-ring (bicyclic) bond motifs is 1. The summed E-state index contributed by atoms with van der Waals surface area (Å²) in [7, 11) is 0. The molecule has 1 aliphatic rings. The summed E-state index contributed by atoms with van der Waals surface area (Å²) in [5.74, 6) is 0.0432. The fraction of sp³-hybridized carbons (Fsp3) is 0.417. The van der Waals surface area contributed by atoms with E-state index < -0.39 is 12.5 Å². The van der Waals surface area contributed by atoms with Crippen LogP contribution in [0.2, 0.25) is 0 Å². The van der Waals surface area contributed by atoms with Gasteiger partial charge in [-0.2, -0.15) is 0 Å². The Labute approximate surface area is 185 Å². The molecule has 32 heavy (non-hydrogen) atoms. The molecule has 3 atom stereocenters. The summed E-state index contributed by atoms with van der Waals surface area (Å²) in [6.45, 7) is 5.09. The highest BCUT2D eigenvalue weighted by Crippen LogP contribution is 2.25. The number of benzene rings is 2. The van der Waals surface area contributed by atoms with Crippen molar-refractivity contribution in [3.8, 4) is 11.4 Å². The molecule has 1 heterocycles. The Morgan fingerprint density at radius 1 is 1.16 bits per heavy atom. The van der Waals surface area contributed by atoms with E-state index in [1.54, 1.807) is 47.0 Å². The predicted octanol–water partition coefficient (Wildman–Crippen LogP) is 3.71.